The molecular formula is C28H34N2O5S. The van der Waals surface area contributed by atoms with E-state index in [2.05, 4.69) is 17.4 Å². The van der Waals surface area contributed by atoms with E-state index in [0.717, 1.165) is 49.2 Å². The molecule has 1 aliphatic carbocycles. The van der Waals surface area contributed by atoms with Crippen molar-refractivity contribution in [1.29, 1.82) is 0 Å². The quantitative estimate of drug-likeness (QED) is 0.547. The van der Waals surface area contributed by atoms with Gasteiger partial charge in [-0.2, -0.15) is 11.8 Å². The van der Waals surface area contributed by atoms with Gasteiger partial charge in [0.15, 0.2) is 0 Å². The standard InChI is InChI=1S/C28H34N2O5S/c31-26(24-9-5-4-8-22(24)18-20-6-2-1-3-7-20)29-25(27(32)33)19-21-10-12-23(13-11-21)35-28(34)30-14-16-36-17-15-30/h1-3,6-7,10-13,22,24-25H,4-5,8-9,14-19H2,(H,29,31)(H,32,33)/t22-,24+,25+/m1/s1. The summed E-state index contributed by atoms with van der Waals surface area (Å²) in [5.41, 5.74) is 1.96. The molecule has 2 fully saturated rings. The highest BCUT2D eigenvalue weighted by atomic mass is 32.2. The van der Waals surface area contributed by atoms with Crippen molar-refractivity contribution in [2.24, 2.45) is 11.8 Å². The summed E-state index contributed by atoms with van der Waals surface area (Å²) in [6, 6.07) is 16.0. The van der Waals surface area contributed by atoms with Crippen LogP contribution in [0.25, 0.3) is 0 Å². The normalized spacial score (nSPS) is 20.8. The molecule has 0 spiro atoms. The summed E-state index contributed by atoms with van der Waals surface area (Å²) in [7, 11) is 0. The van der Waals surface area contributed by atoms with Crippen LogP contribution in [0.3, 0.4) is 0 Å². The van der Waals surface area contributed by atoms with Crippen LogP contribution in [0.5, 0.6) is 5.75 Å². The van der Waals surface area contributed by atoms with Gasteiger partial charge in [-0.1, -0.05) is 55.3 Å². The fraction of sp³-hybridized carbons (Fsp3) is 0.464. The third-order valence-corrected chi connectivity index (χ3v) is 7.98. The molecule has 36 heavy (non-hydrogen) atoms. The fourth-order valence-corrected chi connectivity index (χ4v) is 5.94. The van der Waals surface area contributed by atoms with Crippen LogP contribution in [0.1, 0.15) is 36.8 Å². The van der Waals surface area contributed by atoms with Gasteiger partial charge in [0.25, 0.3) is 0 Å². The van der Waals surface area contributed by atoms with Gasteiger partial charge in [-0.05, 0) is 48.4 Å². The molecular weight excluding hydrogens is 476 g/mol. The number of hydrogen-bond acceptors (Lipinski definition) is 5. The predicted molar refractivity (Wildman–Crippen MR) is 140 cm³/mol. The predicted octanol–water partition coefficient (Wildman–Crippen LogP) is 4.40. The third kappa shape index (κ3) is 7.26. The number of hydrogen-bond donors (Lipinski definition) is 2. The van der Waals surface area contributed by atoms with Gasteiger partial charge in [-0.3, -0.25) is 4.79 Å². The van der Waals surface area contributed by atoms with Crippen molar-refractivity contribution in [3.05, 3.63) is 65.7 Å². The van der Waals surface area contributed by atoms with Crippen LogP contribution in [0.2, 0.25) is 0 Å². The van der Waals surface area contributed by atoms with Gasteiger partial charge in [0.1, 0.15) is 11.8 Å². The lowest BCUT2D eigenvalue weighted by molar-refractivity contribution is -0.143. The Labute approximate surface area is 216 Å². The van der Waals surface area contributed by atoms with Gasteiger partial charge in [0, 0.05) is 36.9 Å². The van der Waals surface area contributed by atoms with Crippen LogP contribution in [-0.2, 0) is 22.4 Å². The number of ether oxygens (including phenoxy) is 1. The maximum atomic E-state index is 13.2. The van der Waals surface area contributed by atoms with Crippen molar-refractivity contribution in [1.82, 2.24) is 10.2 Å². The SMILES string of the molecule is O=C(O)[C@H](Cc1ccc(OC(=O)N2CCSCC2)cc1)NC(=O)[C@H]1CCCC[C@@H]1Cc1ccccc1. The Morgan fingerprint density at radius 1 is 0.972 bits per heavy atom. The molecule has 1 saturated carbocycles. The van der Waals surface area contributed by atoms with E-state index >= 15 is 0 Å². The second kappa shape index (κ2) is 12.8. The van der Waals surface area contributed by atoms with Gasteiger partial charge < -0.3 is 20.1 Å². The summed E-state index contributed by atoms with van der Waals surface area (Å²) >= 11 is 1.82. The first kappa shape index (κ1) is 26.1. The lowest BCUT2D eigenvalue weighted by Crippen LogP contribution is -2.47. The van der Waals surface area contributed by atoms with E-state index in [-0.39, 0.29) is 30.3 Å². The molecule has 2 N–H and O–H groups in total. The summed E-state index contributed by atoms with van der Waals surface area (Å²) in [5, 5.41) is 12.6. The molecule has 2 amide bonds. The van der Waals surface area contributed by atoms with Gasteiger partial charge in [0.05, 0.1) is 0 Å². The molecule has 0 bridgehead atoms. The Balaban J connectivity index is 1.34. The monoisotopic (exact) mass is 510 g/mol. The van der Waals surface area contributed by atoms with Crippen molar-refractivity contribution in [3.63, 3.8) is 0 Å². The Kier molecular flexibility index (Phi) is 9.28. The second-order valence-corrected chi connectivity index (χ2v) is 10.8. The summed E-state index contributed by atoms with van der Waals surface area (Å²) in [6.07, 6.45) is 4.46. The number of rotatable bonds is 8. The number of nitrogens with one attached hydrogen (secondary N) is 1. The van der Waals surface area contributed by atoms with Crippen LogP contribution in [0.15, 0.2) is 54.6 Å². The average Bonchev–Trinajstić information content (AvgIpc) is 2.90. The minimum absolute atomic E-state index is 0.161. The number of carbonyl (C=O) groups excluding carboxylic acids is 2. The summed E-state index contributed by atoms with van der Waals surface area (Å²) in [6.45, 7) is 1.35. The van der Waals surface area contributed by atoms with Crippen LogP contribution in [-0.4, -0.2) is 58.6 Å². The Morgan fingerprint density at radius 3 is 2.36 bits per heavy atom. The largest absolute Gasteiger partial charge is 0.480 e. The highest BCUT2D eigenvalue weighted by molar-refractivity contribution is 7.99. The van der Waals surface area contributed by atoms with Gasteiger partial charge >= 0.3 is 12.1 Å². The van der Waals surface area contributed by atoms with Crippen molar-refractivity contribution in [3.8, 4) is 5.75 Å². The molecule has 2 aromatic rings. The lowest BCUT2D eigenvalue weighted by Gasteiger charge is -2.31. The van der Waals surface area contributed by atoms with E-state index < -0.39 is 12.0 Å². The summed E-state index contributed by atoms with van der Waals surface area (Å²) in [5.74, 6) is 1.03. The summed E-state index contributed by atoms with van der Waals surface area (Å²) in [4.78, 5) is 39.2. The number of carboxylic acid groups (broad SMARTS) is 1. The lowest BCUT2D eigenvalue weighted by atomic mass is 9.75. The zero-order valence-corrected chi connectivity index (χ0v) is 21.3. The van der Waals surface area contributed by atoms with Gasteiger partial charge in [-0.15, -0.1) is 0 Å². The topological polar surface area (TPSA) is 95.9 Å². The Morgan fingerprint density at radius 2 is 1.67 bits per heavy atom. The first-order valence-electron chi connectivity index (χ1n) is 12.7. The Bertz CT molecular complexity index is 1020. The summed E-state index contributed by atoms with van der Waals surface area (Å²) < 4.78 is 5.46. The highest BCUT2D eigenvalue weighted by Gasteiger charge is 2.33. The molecule has 4 rings (SSSR count). The van der Waals surface area contributed by atoms with Crippen molar-refractivity contribution in [2.75, 3.05) is 24.6 Å². The minimum Gasteiger partial charge on any atom is -0.480 e. The maximum Gasteiger partial charge on any atom is 0.415 e. The number of thioether (sulfide) groups is 1. The molecule has 7 nitrogen and oxygen atoms in total. The molecule has 8 heteroatoms. The van der Waals surface area contributed by atoms with Gasteiger partial charge in [0.2, 0.25) is 5.91 Å². The number of carboxylic acids is 1. The smallest absolute Gasteiger partial charge is 0.415 e. The minimum atomic E-state index is -1.06. The van der Waals surface area contributed by atoms with Crippen LogP contribution >= 0.6 is 11.8 Å². The number of benzene rings is 2. The van der Waals surface area contributed by atoms with Crippen molar-refractivity contribution in [2.45, 2.75) is 44.6 Å². The van der Waals surface area contributed by atoms with E-state index in [1.165, 1.54) is 5.56 Å². The second-order valence-electron chi connectivity index (χ2n) is 9.56. The molecule has 2 aliphatic rings. The molecule has 192 valence electrons. The van der Waals surface area contributed by atoms with E-state index in [0.29, 0.717) is 18.8 Å². The van der Waals surface area contributed by atoms with E-state index in [1.54, 1.807) is 29.2 Å². The van der Waals surface area contributed by atoms with Crippen LogP contribution in [0, 0.1) is 11.8 Å². The maximum absolute atomic E-state index is 13.2. The third-order valence-electron chi connectivity index (χ3n) is 7.04. The van der Waals surface area contributed by atoms with Crippen molar-refractivity contribution < 1.29 is 24.2 Å². The molecule has 0 unspecified atom stereocenters. The molecule has 0 aromatic heterocycles. The molecule has 0 radical (unpaired) electrons. The Hall–Kier alpha value is -3.00. The van der Waals surface area contributed by atoms with E-state index in [4.69, 9.17) is 4.74 Å². The van der Waals surface area contributed by atoms with E-state index in [9.17, 15) is 19.5 Å². The van der Waals surface area contributed by atoms with E-state index in [1.807, 2.05) is 30.0 Å². The molecule has 1 heterocycles. The first-order chi connectivity index (χ1) is 17.5. The first-order valence-corrected chi connectivity index (χ1v) is 13.9. The number of nitrogens with zero attached hydrogens (tertiary/aromatic N) is 1. The highest BCUT2D eigenvalue weighted by Crippen LogP contribution is 2.33. The fourth-order valence-electron chi connectivity index (χ4n) is 5.03. The van der Waals surface area contributed by atoms with Gasteiger partial charge in [-0.25, -0.2) is 9.59 Å². The van der Waals surface area contributed by atoms with Crippen molar-refractivity contribution >= 4 is 29.7 Å². The number of amides is 2. The molecule has 2 aromatic carbocycles. The molecule has 1 saturated heterocycles. The molecule has 1 aliphatic heterocycles. The number of aliphatic carboxylic acids is 1. The zero-order chi connectivity index (χ0) is 25.3. The van der Waals surface area contributed by atoms with Crippen LogP contribution in [0.4, 0.5) is 4.79 Å². The number of carbonyl (C=O) groups is 3. The zero-order valence-electron chi connectivity index (χ0n) is 20.4. The van der Waals surface area contributed by atoms with Crippen LogP contribution < -0.4 is 10.1 Å². The molecule has 3 atom stereocenters. The average molecular weight is 511 g/mol.